The van der Waals surface area contributed by atoms with E-state index < -0.39 is 5.97 Å². The molecule has 0 fully saturated rings. The van der Waals surface area contributed by atoms with Crippen molar-refractivity contribution in [2.45, 2.75) is 27.7 Å². The third-order valence-corrected chi connectivity index (χ3v) is 3.00. The fourth-order valence-corrected chi connectivity index (χ4v) is 1.87. The number of carbonyl (C=O) groups is 1. The van der Waals surface area contributed by atoms with Crippen LogP contribution in [-0.4, -0.2) is 24.2 Å². The van der Waals surface area contributed by atoms with Gasteiger partial charge in [-0.1, -0.05) is 19.1 Å². The first-order chi connectivity index (χ1) is 7.95. The zero-order chi connectivity index (χ0) is 13.0. The Bertz CT molecular complexity index is 401. The van der Waals surface area contributed by atoms with Crippen molar-refractivity contribution in [2.24, 2.45) is 5.92 Å². The van der Waals surface area contributed by atoms with Gasteiger partial charge in [-0.2, -0.15) is 0 Å². The lowest BCUT2D eigenvalue weighted by atomic mass is 10.1. The van der Waals surface area contributed by atoms with Crippen LogP contribution < -0.4 is 4.90 Å². The van der Waals surface area contributed by atoms with Gasteiger partial charge < -0.3 is 10.0 Å². The number of carboxylic acid groups (broad SMARTS) is 1. The minimum atomic E-state index is -0.742. The summed E-state index contributed by atoms with van der Waals surface area (Å²) in [6, 6.07) is 6.28. The van der Waals surface area contributed by atoms with Crippen LogP contribution in [0.3, 0.4) is 0 Å². The van der Waals surface area contributed by atoms with Crippen LogP contribution in [0.1, 0.15) is 25.0 Å². The van der Waals surface area contributed by atoms with E-state index in [4.69, 9.17) is 5.11 Å². The van der Waals surface area contributed by atoms with E-state index in [1.54, 1.807) is 6.92 Å². The Morgan fingerprint density at radius 1 is 1.41 bits per heavy atom. The number of rotatable bonds is 5. The number of hydrogen-bond donors (Lipinski definition) is 1. The molecule has 0 saturated heterocycles. The number of anilines is 1. The molecule has 1 unspecified atom stereocenters. The number of hydrogen-bond acceptors (Lipinski definition) is 2. The summed E-state index contributed by atoms with van der Waals surface area (Å²) in [7, 11) is 0. The fraction of sp³-hybridized carbons (Fsp3) is 0.500. The van der Waals surface area contributed by atoms with Crippen LogP contribution >= 0.6 is 0 Å². The summed E-state index contributed by atoms with van der Waals surface area (Å²) in [5.41, 5.74) is 3.53. The molecule has 0 bridgehead atoms. The third kappa shape index (κ3) is 3.48. The van der Waals surface area contributed by atoms with Gasteiger partial charge in [-0.05, 0) is 38.0 Å². The summed E-state index contributed by atoms with van der Waals surface area (Å²) in [5.74, 6) is -1.09. The molecule has 0 aliphatic rings. The van der Waals surface area contributed by atoms with Crippen LogP contribution in [0.2, 0.25) is 0 Å². The molecule has 3 heteroatoms. The molecule has 3 nitrogen and oxygen atoms in total. The summed E-state index contributed by atoms with van der Waals surface area (Å²) in [4.78, 5) is 13.0. The smallest absolute Gasteiger partial charge is 0.308 e. The normalized spacial score (nSPS) is 12.2. The third-order valence-electron chi connectivity index (χ3n) is 3.00. The summed E-state index contributed by atoms with van der Waals surface area (Å²) in [5, 5.41) is 8.97. The Morgan fingerprint density at radius 2 is 2.06 bits per heavy atom. The molecule has 0 radical (unpaired) electrons. The number of benzene rings is 1. The maximum Gasteiger partial charge on any atom is 0.308 e. The predicted octanol–water partition coefficient (Wildman–Crippen LogP) is 2.85. The molecule has 1 N–H and O–H groups in total. The predicted molar refractivity (Wildman–Crippen MR) is 70.6 cm³/mol. The van der Waals surface area contributed by atoms with Crippen LogP contribution in [0.5, 0.6) is 0 Å². The van der Waals surface area contributed by atoms with Crippen molar-refractivity contribution in [3.8, 4) is 0 Å². The Labute approximate surface area is 103 Å². The van der Waals surface area contributed by atoms with E-state index in [1.807, 2.05) is 0 Å². The Hall–Kier alpha value is -1.51. The van der Waals surface area contributed by atoms with Gasteiger partial charge in [0.05, 0.1) is 5.92 Å². The monoisotopic (exact) mass is 235 g/mol. The maximum atomic E-state index is 10.9. The standard InChI is InChI=1S/C14H21NO2/c1-5-15(9-12(4)14(16)17)13-8-10(2)6-7-11(13)3/h6-8,12H,5,9H2,1-4H3,(H,16,17). The van der Waals surface area contributed by atoms with Gasteiger partial charge in [0, 0.05) is 18.8 Å². The lowest BCUT2D eigenvalue weighted by molar-refractivity contribution is -0.140. The molecule has 94 valence electrons. The summed E-state index contributed by atoms with van der Waals surface area (Å²) in [6.07, 6.45) is 0. The summed E-state index contributed by atoms with van der Waals surface area (Å²) < 4.78 is 0. The number of aryl methyl sites for hydroxylation is 2. The molecule has 1 rings (SSSR count). The molecular weight excluding hydrogens is 214 g/mol. The van der Waals surface area contributed by atoms with Crippen molar-refractivity contribution < 1.29 is 9.90 Å². The van der Waals surface area contributed by atoms with E-state index in [2.05, 4.69) is 43.9 Å². The van der Waals surface area contributed by atoms with Gasteiger partial charge in [0.25, 0.3) is 0 Å². The first-order valence-corrected chi connectivity index (χ1v) is 6.00. The van der Waals surface area contributed by atoms with E-state index in [-0.39, 0.29) is 5.92 Å². The molecule has 0 amide bonds. The van der Waals surface area contributed by atoms with E-state index >= 15 is 0 Å². The van der Waals surface area contributed by atoms with Gasteiger partial charge >= 0.3 is 5.97 Å². The van der Waals surface area contributed by atoms with E-state index in [0.29, 0.717) is 6.54 Å². The Kier molecular flexibility index (Phi) is 4.55. The molecular formula is C14H21NO2. The molecule has 1 aromatic rings. The van der Waals surface area contributed by atoms with E-state index in [9.17, 15) is 4.79 Å². The van der Waals surface area contributed by atoms with Gasteiger partial charge in [-0.3, -0.25) is 4.79 Å². The summed E-state index contributed by atoms with van der Waals surface area (Å²) in [6.45, 7) is 9.28. The van der Waals surface area contributed by atoms with Crippen molar-refractivity contribution >= 4 is 11.7 Å². The number of carboxylic acids is 1. The molecule has 0 heterocycles. The molecule has 17 heavy (non-hydrogen) atoms. The van der Waals surface area contributed by atoms with Crippen molar-refractivity contribution in [3.63, 3.8) is 0 Å². The van der Waals surface area contributed by atoms with Gasteiger partial charge in [0.15, 0.2) is 0 Å². The lowest BCUT2D eigenvalue weighted by Crippen LogP contribution is -2.32. The second kappa shape index (κ2) is 5.71. The van der Waals surface area contributed by atoms with Crippen LogP contribution in [0.25, 0.3) is 0 Å². The highest BCUT2D eigenvalue weighted by Gasteiger charge is 2.16. The SMILES string of the molecule is CCN(CC(C)C(=O)O)c1cc(C)ccc1C. The zero-order valence-corrected chi connectivity index (χ0v) is 11.0. The molecule has 1 aromatic carbocycles. The van der Waals surface area contributed by atoms with Gasteiger partial charge in [0.1, 0.15) is 0 Å². The van der Waals surface area contributed by atoms with Crippen molar-refractivity contribution in [1.29, 1.82) is 0 Å². The van der Waals surface area contributed by atoms with Gasteiger partial charge in [-0.25, -0.2) is 0 Å². The molecule has 0 aliphatic heterocycles. The van der Waals surface area contributed by atoms with Crippen molar-refractivity contribution in [2.75, 3.05) is 18.0 Å². The first-order valence-electron chi connectivity index (χ1n) is 6.00. The van der Waals surface area contributed by atoms with Gasteiger partial charge in [-0.15, -0.1) is 0 Å². The largest absolute Gasteiger partial charge is 0.481 e. The van der Waals surface area contributed by atoms with Crippen molar-refractivity contribution in [1.82, 2.24) is 0 Å². The average Bonchev–Trinajstić information content (AvgIpc) is 2.29. The minimum Gasteiger partial charge on any atom is -0.481 e. The molecule has 0 saturated carbocycles. The average molecular weight is 235 g/mol. The van der Waals surface area contributed by atoms with Crippen molar-refractivity contribution in [3.05, 3.63) is 29.3 Å². The topological polar surface area (TPSA) is 40.5 Å². The highest BCUT2D eigenvalue weighted by molar-refractivity contribution is 5.70. The second-order valence-corrected chi connectivity index (χ2v) is 4.57. The highest BCUT2D eigenvalue weighted by atomic mass is 16.4. The number of aliphatic carboxylic acids is 1. The molecule has 0 aromatic heterocycles. The molecule has 0 aliphatic carbocycles. The highest BCUT2D eigenvalue weighted by Crippen LogP contribution is 2.22. The van der Waals surface area contributed by atoms with Crippen LogP contribution in [0.4, 0.5) is 5.69 Å². The van der Waals surface area contributed by atoms with Crippen LogP contribution in [0, 0.1) is 19.8 Å². The Morgan fingerprint density at radius 3 is 2.59 bits per heavy atom. The second-order valence-electron chi connectivity index (χ2n) is 4.57. The maximum absolute atomic E-state index is 10.9. The van der Waals surface area contributed by atoms with Crippen LogP contribution in [0.15, 0.2) is 18.2 Å². The number of nitrogens with zero attached hydrogens (tertiary/aromatic N) is 1. The zero-order valence-electron chi connectivity index (χ0n) is 11.0. The quantitative estimate of drug-likeness (QED) is 0.853. The first kappa shape index (κ1) is 13.6. The van der Waals surface area contributed by atoms with E-state index in [1.165, 1.54) is 11.1 Å². The summed E-state index contributed by atoms with van der Waals surface area (Å²) >= 11 is 0. The lowest BCUT2D eigenvalue weighted by Gasteiger charge is -2.27. The van der Waals surface area contributed by atoms with E-state index in [0.717, 1.165) is 12.2 Å². The van der Waals surface area contributed by atoms with Gasteiger partial charge in [0.2, 0.25) is 0 Å². The minimum absolute atomic E-state index is 0.352. The van der Waals surface area contributed by atoms with Crippen LogP contribution in [-0.2, 0) is 4.79 Å². The Balaban J connectivity index is 2.93. The molecule has 1 atom stereocenters. The fourth-order valence-electron chi connectivity index (χ4n) is 1.87. The molecule has 0 spiro atoms.